The Labute approximate surface area is 88.0 Å². The zero-order valence-electron chi connectivity index (χ0n) is 8.35. The van der Waals surface area contributed by atoms with Crippen molar-refractivity contribution in [2.45, 2.75) is 18.5 Å². The number of nitrogens with two attached hydrogens (primary N) is 1. The average molecular weight is 243 g/mol. The second-order valence-corrected chi connectivity index (χ2v) is 3.38. The molecule has 0 aromatic carbocycles. The number of halogens is 5. The Balaban J connectivity index is 2.95. The molecule has 0 fully saturated rings. The summed E-state index contributed by atoms with van der Waals surface area (Å²) in [5.41, 5.74) is 3.41. The number of aromatic nitrogens is 2. The number of rotatable bonds is 3. The lowest BCUT2D eigenvalue weighted by Crippen LogP contribution is -2.30. The Morgan fingerprint density at radius 1 is 1.31 bits per heavy atom. The van der Waals surface area contributed by atoms with Crippen LogP contribution in [-0.4, -0.2) is 22.2 Å². The largest absolute Gasteiger partial charge is 0.435 e. The van der Waals surface area contributed by atoms with Crippen LogP contribution in [0.4, 0.5) is 22.0 Å². The molecule has 1 aromatic heterocycles. The van der Waals surface area contributed by atoms with Crippen LogP contribution in [0.15, 0.2) is 6.07 Å². The molecule has 2 N–H and O–H groups in total. The van der Waals surface area contributed by atoms with Gasteiger partial charge in [0.1, 0.15) is 0 Å². The van der Waals surface area contributed by atoms with E-state index in [1.807, 2.05) is 0 Å². The third-order valence-corrected chi connectivity index (χ3v) is 2.01. The smallest absolute Gasteiger partial charge is 0.325 e. The Kier molecular flexibility index (Phi) is 3.22. The zero-order chi connectivity index (χ0) is 12.6. The Hall–Kier alpha value is -1.18. The highest BCUT2D eigenvalue weighted by atomic mass is 19.4. The van der Waals surface area contributed by atoms with Gasteiger partial charge in [-0.15, -0.1) is 0 Å². The van der Waals surface area contributed by atoms with E-state index in [2.05, 4.69) is 5.10 Å². The van der Waals surface area contributed by atoms with E-state index in [-0.39, 0.29) is 5.69 Å². The van der Waals surface area contributed by atoms with E-state index in [9.17, 15) is 22.0 Å². The van der Waals surface area contributed by atoms with Crippen LogP contribution < -0.4 is 5.73 Å². The third-order valence-electron chi connectivity index (χ3n) is 2.01. The van der Waals surface area contributed by atoms with Gasteiger partial charge in [0, 0.05) is 12.7 Å². The van der Waals surface area contributed by atoms with Crippen molar-refractivity contribution in [2.75, 3.05) is 6.54 Å². The van der Waals surface area contributed by atoms with Gasteiger partial charge >= 0.3 is 6.18 Å². The molecular weight excluding hydrogens is 233 g/mol. The molecule has 0 spiro atoms. The molecule has 0 aliphatic rings. The normalized spacial score (nSPS) is 13.2. The maximum Gasteiger partial charge on any atom is 0.435 e. The van der Waals surface area contributed by atoms with E-state index in [4.69, 9.17) is 5.73 Å². The lowest BCUT2D eigenvalue weighted by Gasteiger charge is -2.12. The zero-order valence-corrected chi connectivity index (χ0v) is 8.35. The topological polar surface area (TPSA) is 43.8 Å². The van der Waals surface area contributed by atoms with Crippen LogP contribution in [0.3, 0.4) is 0 Å². The van der Waals surface area contributed by atoms with Crippen molar-refractivity contribution < 1.29 is 22.0 Å². The first-order valence-corrected chi connectivity index (χ1v) is 4.34. The summed E-state index contributed by atoms with van der Waals surface area (Å²) < 4.78 is 63.2. The standard InChI is InChI=1S/C8H10F5N3/c1-16-5(3-7(9,10)4-14)2-6(15-16)8(11,12)13/h2H,3-4,14H2,1H3. The lowest BCUT2D eigenvalue weighted by atomic mass is 10.2. The van der Waals surface area contributed by atoms with Gasteiger partial charge in [0.15, 0.2) is 5.69 Å². The molecule has 8 heteroatoms. The van der Waals surface area contributed by atoms with Crippen molar-refractivity contribution >= 4 is 0 Å². The van der Waals surface area contributed by atoms with Crippen molar-refractivity contribution in [1.82, 2.24) is 9.78 Å². The van der Waals surface area contributed by atoms with Crippen molar-refractivity contribution in [2.24, 2.45) is 12.8 Å². The van der Waals surface area contributed by atoms with Crippen molar-refractivity contribution in [3.8, 4) is 0 Å². The first kappa shape index (κ1) is 12.9. The summed E-state index contributed by atoms with van der Waals surface area (Å²) in [7, 11) is 1.18. The monoisotopic (exact) mass is 243 g/mol. The highest BCUT2D eigenvalue weighted by molar-refractivity contribution is 5.14. The summed E-state index contributed by atoms with van der Waals surface area (Å²) in [4.78, 5) is 0. The average Bonchev–Trinajstić information content (AvgIpc) is 2.47. The molecule has 0 atom stereocenters. The van der Waals surface area contributed by atoms with Gasteiger partial charge in [-0.25, -0.2) is 8.78 Å². The minimum atomic E-state index is -4.63. The van der Waals surface area contributed by atoms with Crippen molar-refractivity contribution in [3.63, 3.8) is 0 Å². The fourth-order valence-electron chi connectivity index (χ4n) is 1.15. The molecule has 0 aliphatic heterocycles. The SMILES string of the molecule is Cn1nc(C(F)(F)F)cc1CC(F)(F)CN. The van der Waals surface area contributed by atoms with Crippen LogP contribution in [0, 0.1) is 0 Å². The van der Waals surface area contributed by atoms with Crippen LogP contribution in [0.25, 0.3) is 0 Å². The van der Waals surface area contributed by atoms with Crippen LogP contribution in [0.5, 0.6) is 0 Å². The van der Waals surface area contributed by atoms with Gasteiger partial charge in [-0.2, -0.15) is 18.3 Å². The van der Waals surface area contributed by atoms with Gasteiger partial charge in [0.25, 0.3) is 5.92 Å². The van der Waals surface area contributed by atoms with Gasteiger partial charge in [0.2, 0.25) is 0 Å². The van der Waals surface area contributed by atoms with Gasteiger partial charge in [-0.05, 0) is 6.07 Å². The second-order valence-electron chi connectivity index (χ2n) is 3.38. The van der Waals surface area contributed by atoms with Crippen LogP contribution in [-0.2, 0) is 19.6 Å². The maximum absolute atomic E-state index is 12.9. The van der Waals surface area contributed by atoms with E-state index in [1.165, 1.54) is 7.05 Å². The van der Waals surface area contributed by atoms with Gasteiger partial charge < -0.3 is 5.73 Å². The lowest BCUT2D eigenvalue weighted by molar-refractivity contribution is -0.141. The summed E-state index contributed by atoms with van der Waals surface area (Å²) in [5, 5.41) is 3.12. The molecular formula is C8H10F5N3. The quantitative estimate of drug-likeness (QED) is 0.819. The fraction of sp³-hybridized carbons (Fsp3) is 0.625. The predicted molar refractivity (Wildman–Crippen MR) is 45.9 cm³/mol. The predicted octanol–water partition coefficient (Wildman–Crippen LogP) is 1.58. The van der Waals surface area contributed by atoms with Gasteiger partial charge in [-0.1, -0.05) is 0 Å². The van der Waals surface area contributed by atoms with Gasteiger partial charge in [0.05, 0.1) is 13.0 Å². The maximum atomic E-state index is 12.9. The molecule has 16 heavy (non-hydrogen) atoms. The van der Waals surface area contributed by atoms with E-state index in [0.717, 1.165) is 4.68 Å². The molecule has 0 amide bonds. The van der Waals surface area contributed by atoms with Crippen molar-refractivity contribution in [3.05, 3.63) is 17.5 Å². The molecule has 1 rings (SSSR count). The molecule has 92 valence electrons. The molecule has 3 nitrogen and oxygen atoms in total. The van der Waals surface area contributed by atoms with E-state index < -0.39 is 30.8 Å². The summed E-state index contributed by atoms with van der Waals surface area (Å²) in [6.45, 7) is -0.917. The summed E-state index contributed by atoms with van der Waals surface area (Å²) in [5.74, 6) is -3.23. The molecule has 0 radical (unpaired) electrons. The highest BCUT2D eigenvalue weighted by Crippen LogP contribution is 2.29. The number of nitrogens with zero attached hydrogens (tertiary/aromatic N) is 2. The number of alkyl halides is 5. The summed E-state index contributed by atoms with van der Waals surface area (Å²) >= 11 is 0. The number of hydrogen-bond donors (Lipinski definition) is 1. The minimum absolute atomic E-state index is 0.206. The van der Waals surface area contributed by atoms with Crippen LogP contribution >= 0.6 is 0 Å². The highest BCUT2D eigenvalue weighted by Gasteiger charge is 2.36. The van der Waals surface area contributed by atoms with Crippen LogP contribution in [0.2, 0.25) is 0 Å². The minimum Gasteiger partial charge on any atom is -0.325 e. The first-order chi connectivity index (χ1) is 7.15. The number of hydrogen-bond acceptors (Lipinski definition) is 2. The van der Waals surface area contributed by atoms with Gasteiger partial charge in [-0.3, -0.25) is 4.68 Å². The summed E-state index contributed by atoms with van der Waals surface area (Å²) in [6, 6.07) is 0.601. The van der Waals surface area contributed by atoms with E-state index in [1.54, 1.807) is 0 Å². The molecule has 0 saturated heterocycles. The molecule has 1 aromatic rings. The Morgan fingerprint density at radius 2 is 1.88 bits per heavy atom. The Morgan fingerprint density at radius 3 is 2.25 bits per heavy atom. The Bertz CT molecular complexity index is 368. The first-order valence-electron chi connectivity index (χ1n) is 4.34. The molecule has 0 unspecified atom stereocenters. The van der Waals surface area contributed by atoms with Crippen molar-refractivity contribution in [1.29, 1.82) is 0 Å². The molecule has 0 saturated carbocycles. The van der Waals surface area contributed by atoms with E-state index >= 15 is 0 Å². The summed E-state index contributed by atoms with van der Waals surface area (Å²) in [6.07, 6.45) is -5.49. The van der Waals surface area contributed by atoms with E-state index in [0.29, 0.717) is 6.07 Å². The molecule has 1 heterocycles. The third kappa shape index (κ3) is 2.91. The molecule has 0 aliphatic carbocycles. The number of aryl methyl sites for hydroxylation is 1. The fourth-order valence-corrected chi connectivity index (χ4v) is 1.15. The second kappa shape index (κ2) is 4.00. The van der Waals surface area contributed by atoms with Crippen LogP contribution in [0.1, 0.15) is 11.4 Å². The molecule has 0 bridgehead atoms.